The number of hydrogen-bond donors (Lipinski definition) is 6. The van der Waals surface area contributed by atoms with Crippen LogP contribution in [0.1, 0.15) is 52.6 Å². The van der Waals surface area contributed by atoms with Gasteiger partial charge in [0, 0.05) is 11.4 Å². The van der Waals surface area contributed by atoms with E-state index in [2.05, 4.69) is 10.6 Å². The van der Waals surface area contributed by atoms with E-state index in [9.17, 15) is 29.4 Å². The van der Waals surface area contributed by atoms with Gasteiger partial charge in [0.2, 0.25) is 0 Å². The summed E-state index contributed by atoms with van der Waals surface area (Å²) in [7, 11) is 0. The number of carboxylic acids is 2. The van der Waals surface area contributed by atoms with Crippen molar-refractivity contribution in [3.63, 3.8) is 0 Å². The van der Waals surface area contributed by atoms with Crippen molar-refractivity contribution < 1.29 is 39.6 Å². The Morgan fingerprint density at radius 1 is 0.525 bits per heavy atom. The van der Waals surface area contributed by atoms with Gasteiger partial charge in [-0.15, -0.1) is 0 Å². The zero-order chi connectivity index (χ0) is 28.8. The monoisotopic (exact) mass is 538 g/mol. The molecule has 0 aromatic heterocycles. The summed E-state index contributed by atoms with van der Waals surface area (Å²) in [6.07, 6.45) is 3.66. The van der Waals surface area contributed by atoms with Crippen molar-refractivity contribution in [1.82, 2.24) is 0 Å². The first-order chi connectivity index (χ1) is 19.1. The van der Waals surface area contributed by atoms with Crippen molar-refractivity contribution in [3.8, 4) is 11.5 Å². The number of carbonyl (C=O) groups excluding carboxylic acids is 2. The number of benzene rings is 4. The lowest BCUT2D eigenvalue weighted by atomic mass is 10.1. The van der Waals surface area contributed by atoms with Gasteiger partial charge in [-0.25, -0.2) is 9.59 Å². The molecule has 0 spiro atoms. The molecule has 200 valence electrons. The fourth-order valence-electron chi connectivity index (χ4n) is 3.65. The maximum Gasteiger partial charge on any atom is 0.335 e. The Labute approximate surface area is 227 Å². The summed E-state index contributed by atoms with van der Waals surface area (Å²) in [5.74, 6) is -4.40. The molecule has 4 aromatic rings. The summed E-state index contributed by atoms with van der Waals surface area (Å²) >= 11 is 0. The lowest BCUT2D eigenvalue weighted by molar-refractivity contribution is 0.0685. The van der Waals surface area contributed by atoms with Crippen molar-refractivity contribution in [2.45, 2.75) is 0 Å². The van der Waals surface area contributed by atoms with Crippen LogP contribution >= 0.6 is 0 Å². The minimum atomic E-state index is -1.21. The van der Waals surface area contributed by atoms with Gasteiger partial charge in [-0.1, -0.05) is 36.4 Å². The Morgan fingerprint density at radius 3 is 1.20 bits per heavy atom. The number of phenolic OH excluding ortho intramolecular Hbond substituents is 2. The minimum Gasteiger partial charge on any atom is -0.507 e. The maximum absolute atomic E-state index is 12.5. The summed E-state index contributed by atoms with van der Waals surface area (Å²) in [4.78, 5) is 47.3. The fourth-order valence-corrected chi connectivity index (χ4v) is 3.65. The highest BCUT2D eigenvalue weighted by molar-refractivity contribution is 6.08. The third-order valence-corrected chi connectivity index (χ3v) is 5.78. The van der Waals surface area contributed by atoms with Crippen molar-refractivity contribution in [2.24, 2.45) is 0 Å². The summed E-state index contributed by atoms with van der Waals surface area (Å²) in [5, 5.41) is 43.3. The number of rotatable bonds is 8. The summed E-state index contributed by atoms with van der Waals surface area (Å²) < 4.78 is 0. The van der Waals surface area contributed by atoms with Crippen LogP contribution in [0.15, 0.2) is 84.9 Å². The van der Waals surface area contributed by atoms with E-state index in [0.717, 1.165) is 35.4 Å². The number of aromatic hydroxyl groups is 2. The van der Waals surface area contributed by atoms with Crippen LogP contribution in [0.2, 0.25) is 0 Å². The Morgan fingerprint density at radius 2 is 0.875 bits per heavy atom. The number of carbonyl (C=O) groups is 4. The molecule has 0 saturated heterocycles. The van der Waals surface area contributed by atoms with E-state index in [1.54, 1.807) is 48.5 Å². The van der Waals surface area contributed by atoms with Crippen LogP contribution in [-0.2, 0) is 0 Å². The van der Waals surface area contributed by atoms with Crippen LogP contribution in [0.3, 0.4) is 0 Å². The quantitative estimate of drug-likeness (QED) is 0.167. The van der Waals surface area contributed by atoms with Crippen LogP contribution in [0.4, 0.5) is 11.4 Å². The molecule has 0 aliphatic carbocycles. The molecule has 0 bridgehead atoms. The molecule has 6 N–H and O–H groups in total. The Bertz CT molecular complexity index is 1520. The minimum absolute atomic E-state index is 0.122. The summed E-state index contributed by atoms with van der Waals surface area (Å²) in [5.41, 5.74) is 1.97. The highest BCUT2D eigenvalue weighted by Crippen LogP contribution is 2.23. The lowest BCUT2D eigenvalue weighted by Crippen LogP contribution is -2.13. The molecular weight excluding hydrogens is 516 g/mol. The van der Waals surface area contributed by atoms with E-state index in [-0.39, 0.29) is 33.8 Å². The number of amides is 2. The van der Waals surface area contributed by atoms with Crippen LogP contribution in [-0.4, -0.2) is 44.2 Å². The number of anilines is 2. The van der Waals surface area contributed by atoms with Crippen LogP contribution in [0.25, 0.3) is 12.2 Å². The predicted molar refractivity (Wildman–Crippen MR) is 148 cm³/mol. The first kappa shape index (κ1) is 27.1. The van der Waals surface area contributed by atoms with Crippen molar-refractivity contribution in [3.05, 3.63) is 118 Å². The van der Waals surface area contributed by atoms with E-state index in [1.807, 2.05) is 12.2 Å². The Balaban J connectivity index is 1.37. The van der Waals surface area contributed by atoms with Gasteiger partial charge >= 0.3 is 11.9 Å². The van der Waals surface area contributed by atoms with E-state index in [4.69, 9.17) is 10.2 Å². The van der Waals surface area contributed by atoms with Gasteiger partial charge in [-0.05, 0) is 71.8 Å². The molecule has 4 rings (SSSR count). The molecule has 40 heavy (non-hydrogen) atoms. The molecule has 0 heterocycles. The van der Waals surface area contributed by atoms with E-state index < -0.39 is 23.8 Å². The van der Waals surface area contributed by atoms with E-state index in [0.29, 0.717) is 11.4 Å². The molecule has 10 heteroatoms. The van der Waals surface area contributed by atoms with Gasteiger partial charge in [0.05, 0.1) is 22.3 Å². The second-order valence-corrected chi connectivity index (χ2v) is 8.56. The molecule has 0 aliphatic heterocycles. The maximum atomic E-state index is 12.5. The topological polar surface area (TPSA) is 173 Å². The molecule has 4 aromatic carbocycles. The zero-order valence-corrected chi connectivity index (χ0v) is 20.7. The molecular formula is C30H22N2O8. The second-order valence-electron chi connectivity index (χ2n) is 8.56. The van der Waals surface area contributed by atoms with Gasteiger partial charge in [0.25, 0.3) is 11.8 Å². The van der Waals surface area contributed by atoms with Crippen LogP contribution in [0.5, 0.6) is 11.5 Å². The normalized spacial score (nSPS) is 10.7. The fraction of sp³-hybridized carbons (Fsp3) is 0. The summed E-state index contributed by atoms with van der Waals surface area (Å²) in [6.45, 7) is 0. The van der Waals surface area contributed by atoms with Gasteiger partial charge in [0.1, 0.15) is 11.5 Å². The molecule has 0 radical (unpaired) electrons. The van der Waals surface area contributed by atoms with Gasteiger partial charge in [-0.2, -0.15) is 0 Å². The first-order valence-corrected chi connectivity index (χ1v) is 11.7. The molecule has 0 aliphatic rings. The highest BCUT2D eigenvalue weighted by atomic mass is 16.4. The van der Waals surface area contributed by atoms with Crippen molar-refractivity contribution >= 4 is 47.3 Å². The van der Waals surface area contributed by atoms with Crippen LogP contribution in [0, 0.1) is 0 Å². The molecule has 0 unspecified atom stereocenters. The lowest BCUT2D eigenvalue weighted by Gasteiger charge is -2.08. The third kappa shape index (κ3) is 6.50. The van der Waals surface area contributed by atoms with Crippen molar-refractivity contribution in [2.75, 3.05) is 10.6 Å². The highest BCUT2D eigenvalue weighted by Gasteiger charge is 2.16. The number of aromatic carboxylic acids is 2. The van der Waals surface area contributed by atoms with E-state index >= 15 is 0 Å². The van der Waals surface area contributed by atoms with E-state index in [1.165, 1.54) is 12.1 Å². The molecule has 10 nitrogen and oxygen atoms in total. The SMILES string of the molecule is O=C(O)c1ccc(O)c(C(=O)Nc2ccc(/C=C/c3ccc(NC(=O)c4cc(C(=O)O)ccc4O)cc3)cc2)c1. The predicted octanol–water partition coefficient (Wildman–Crippen LogP) is 5.17. The second kappa shape index (κ2) is 11.7. The largest absolute Gasteiger partial charge is 0.507 e. The Kier molecular flexibility index (Phi) is 7.91. The van der Waals surface area contributed by atoms with Gasteiger partial charge < -0.3 is 31.1 Å². The standard InChI is InChI=1S/C30H22N2O8/c33-25-13-7-19(29(37)38)15-23(25)27(35)31-21-9-3-17(4-10-21)1-2-18-5-11-22(12-6-18)32-28(36)24-16-20(30(39)40)8-14-26(24)34/h1-16,33-34H,(H,31,35)(H,32,36)(H,37,38)(H,39,40)/b2-1+. The zero-order valence-electron chi connectivity index (χ0n) is 20.7. The number of phenols is 2. The summed E-state index contributed by atoms with van der Waals surface area (Å²) in [6, 6.07) is 20.5. The average Bonchev–Trinajstić information content (AvgIpc) is 2.93. The average molecular weight is 539 g/mol. The van der Waals surface area contributed by atoms with Crippen molar-refractivity contribution in [1.29, 1.82) is 0 Å². The third-order valence-electron chi connectivity index (χ3n) is 5.78. The first-order valence-electron chi connectivity index (χ1n) is 11.7. The van der Waals surface area contributed by atoms with Gasteiger partial charge in [-0.3, -0.25) is 9.59 Å². The number of nitrogens with one attached hydrogen (secondary N) is 2. The molecule has 0 saturated carbocycles. The molecule has 0 atom stereocenters. The number of hydrogen-bond acceptors (Lipinski definition) is 6. The Hall–Kier alpha value is -5.90. The number of carboxylic acid groups (broad SMARTS) is 2. The van der Waals surface area contributed by atoms with Gasteiger partial charge in [0.15, 0.2) is 0 Å². The molecule has 0 fully saturated rings. The molecule has 2 amide bonds. The van der Waals surface area contributed by atoms with Crippen LogP contribution < -0.4 is 10.6 Å². The smallest absolute Gasteiger partial charge is 0.335 e.